The van der Waals surface area contributed by atoms with Gasteiger partial charge in [-0.3, -0.25) is 29.8 Å². The fourth-order valence-corrected chi connectivity index (χ4v) is 3.39. The quantitative estimate of drug-likeness (QED) is 0.196. The first-order chi connectivity index (χ1) is 16.5. The number of amides is 2. The van der Waals surface area contributed by atoms with Gasteiger partial charge in [0.1, 0.15) is 0 Å². The van der Waals surface area contributed by atoms with E-state index in [9.17, 15) is 29.8 Å². The lowest BCUT2D eigenvalue weighted by molar-refractivity contribution is -0.385. The summed E-state index contributed by atoms with van der Waals surface area (Å²) in [6, 6.07) is 7.05. The van der Waals surface area contributed by atoms with E-state index in [0.717, 1.165) is 0 Å². The first-order valence-electron chi connectivity index (χ1n) is 10.7. The molecular formula is C22H28N6O7. The van der Waals surface area contributed by atoms with Crippen molar-refractivity contribution in [2.24, 2.45) is 11.5 Å². The zero-order chi connectivity index (χ0) is 26.1. The molecule has 13 nitrogen and oxygen atoms in total. The van der Waals surface area contributed by atoms with Crippen LogP contribution in [-0.2, 0) is 14.3 Å². The third kappa shape index (κ3) is 8.10. The highest BCUT2D eigenvalue weighted by molar-refractivity contribution is 5.90. The van der Waals surface area contributed by atoms with Crippen LogP contribution in [0.15, 0.2) is 36.4 Å². The molecule has 2 aromatic rings. The minimum Gasteiger partial charge on any atom is -0.381 e. The number of rotatable bonds is 12. The topological polar surface area (TPSA) is 206 Å². The zero-order valence-corrected chi connectivity index (χ0v) is 19.4. The van der Waals surface area contributed by atoms with Crippen LogP contribution < -0.4 is 22.1 Å². The van der Waals surface area contributed by atoms with Crippen LogP contribution in [0.2, 0.25) is 0 Å². The molecule has 2 aromatic carbocycles. The van der Waals surface area contributed by atoms with Crippen molar-refractivity contribution in [1.82, 2.24) is 0 Å². The molecule has 0 fully saturated rings. The number of hydrogen-bond acceptors (Lipinski definition) is 9. The second-order valence-corrected chi connectivity index (χ2v) is 7.82. The third-order valence-corrected chi connectivity index (χ3v) is 5.06. The number of non-ortho nitro benzene ring substituents is 2. The normalized spacial score (nSPS) is 12.5. The first kappa shape index (κ1) is 27.3. The summed E-state index contributed by atoms with van der Waals surface area (Å²) in [7, 11) is 0. The van der Waals surface area contributed by atoms with Gasteiger partial charge in [0.05, 0.1) is 21.2 Å². The van der Waals surface area contributed by atoms with E-state index in [0.29, 0.717) is 24.0 Å². The molecule has 2 amide bonds. The molecule has 2 atom stereocenters. The number of nitro groups is 2. The van der Waals surface area contributed by atoms with E-state index in [2.05, 4.69) is 10.6 Å². The van der Waals surface area contributed by atoms with E-state index in [-0.39, 0.29) is 47.8 Å². The Balaban J connectivity index is 1.95. The maximum Gasteiger partial charge on any atom is 0.271 e. The minimum absolute atomic E-state index is 0.167. The van der Waals surface area contributed by atoms with Crippen molar-refractivity contribution in [1.29, 1.82) is 0 Å². The van der Waals surface area contributed by atoms with E-state index in [1.807, 2.05) is 0 Å². The van der Waals surface area contributed by atoms with Crippen molar-refractivity contribution < 1.29 is 24.2 Å². The number of hydrogen-bond donors (Lipinski definition) is 4. The Kier molecular flexibility index (Phi) is 9.75. The number of anilines is 2. The fraction of sp³-hybridized carbons (Fsp3) is 0.364. The van der Waals surface area contributed by atoms with Crippen LogP contribution in [0.25, 0.3) is 0 Å². The van der Waals surface area contributed by atoms with Gasteiger partial charge in [0, 0.05) is 63.4 Å². The van der Waals surface area contributed by atoms with Gasteiger partial charge in [0.15, 0.2) is 0 Å². The third-order valence-electron chi connectivity index (χ3n) is 5.06. The standard InChI is InChI=1S/C22H28N6O7/c1-13(29)25-21-11-15(27(31)32)3-5-17(21)19(23)7-9-35-10-8-20(24)18-6-4-16(28(33)34)12-22(18)26-14(2)30/h3-6,11-12,19-20H,7-10,23-24H2,1-2H3,(H,25,29)(H,26,30). The van der Waals surface area contributed by atoms with Crippen molar-refractivity contribution >= 4 is 34.6 Å². The molecule has 0 radical (unpaired) electrons. The van der Waals surface area contributed by atoms with Gasteiger partial charge in [0.2, 0.25) is 11.8 Å². The van der Waals surface area contributed by atoms with Gasteiger partial charge in [-0.15, -0.1) is 0 Å². The predicted octanol–water partition coefficient (Wildman–Crippen LogP) is 2.92. The lowest BCUT2D eigenvalue weighted by Crippen LogP contribution is -2.19. The van der Waals surface area contributed by atoms with Crippen molar-refractivity contribution in [3.8, 4) is 0 Å². The molecule has 13 heteroatoms. The average Bonchev–Trinajstić information content (AvgIpc) is 2.77. The van der Waals surface area contributed by atoms with Crippen LogP contribution in [0, 0.1) is 20.2 Å². The Morgan fingerprint density at radius 1 is 0.829 bits per heavy atom. The van der Waals surface area contributed by atoms with Crippen molar-refractivity contribution in [3.63, 3.8) is 0 Å². The van der Waals surface area contributed by atoms with Crippen LogP contribution in [0.5, 0.6) is 0 Å². The van der Waals surface area contributed by atoms with Crippen LogP contribution in [-0.4, -0.2) is 34.9 Å². The number of nitrogens with zero attached hydrogens (tertiary/aromatic N) is 2. The summed E-state index contributed by atoms with van der Waals surface area (Å²) in [5, 5.41) is 27.2. The molecule has 2 rings (SSSR count). The summed E-state index contributed by atoms with van der Waals surface area (Å²) in [4.78, 5) is 43.9. The smallest absolute Gasteiger partial charge is 0.271 e. The Hall–Kier alpha value is -3.94. The molecule has 0 bridgehead atoms. The fourth-order valence-electron chi connectivity index (χ4n) is 3.39. The maximum atomic E-state index is 11.5. The molecule has 0 saturated carbocycles. The first-order valence-corrected chi connectivity index (χ1v) is 10.7. The summed E-state index contributed by atoms with van der Waals surface area (Å²) >= 11 is 0. The Morgan fingerprint density at radius 2 is 1.20 bits per heavy atom. The summed E-state index contributed by atoms with van der Waals surface area (Å²) < 4.78 is 5.63. The molecular weight excluding hydrogens is 460 g/mol. The molecule has 0 saturated heterocycles. The van der Waals surface area contributed by atoms with Gasteiger partial charge in [-0.25, -0.2) is 0 Å². The maximum absolute atomic E-state index is 11.5. The molecule has 0 aliphatic heterocycles. The van der Waals surface area contributed by atoms with E-state index >= 15 is 0 Å². The highest BCUT2D eigenvalue weighted by Crippen LogP contribution is 2.29. The summed E-state index contributed by atoms with van der Waals surface area (Å²) in [5.41, 5.74) is 13.7. The summed E-state index contributed by atoms with van der Waals surface area (Å²) in [6.07, 6.45) is 0.739. The van der Waals surface area contributed by atoms with E-state index in [1.165, 1.54) is 50.2 Å². The zero-order valence-electron chi connectivity index (χ0n) is 19.4. The van der Waals surface area contributed by atoms with Crippen LogP contribution >= 0.6 is 0 Å². The van der Waals surface area contributed by atoms with Crippen molar-refractivity contribution in [3.05, 3.63) is 67.8 Å². The highest BCUT2D eigenvalue weighted by Gasteiger charge is 2.18. The molecule has 0 heterocycles. The molecule has 188 valence electrons. The minimum atomic E-state index is -0.560. The van der Waals surface area contributed by atoms with Gasteiger partial charge < -0.3 is 26.8 Å². The Morgan fingerprint density at radius 3 is 1.51 bits per heavy atom. The van der Waals surface area contributed by atoms with Gasteiger partial charge >= 0.3 is 0 Å². The van der Waals surface area contributed by atoms with Crippen molar-refractivity contribution in [2.45, 2.75) is 38.8 Å². The largest absolute Gasteiger partial charge is 0.381 e. The van der Waals surface area contributed by atoms with Crippen molar-refractivity contribution in [2.75, 3.05) is 23.8 Å². The predicted molar refractivity (Wildman–Crippen MR) is 129 cm³/mol. The van der Waals surface area contributed by atoms with Gasteiger partial charge in [0.25, 0.3) is 11.4 Å². The molecule has 6 N–H and O–H groups in total. The van der Waals surface area contributed by atoms with Crippen LogP contribution in [0.4, 0.5) is 22.7 Å². The molecule has 0 aliphatic rings. The Labute approximate surface area is 201 Å². The second kappa shape index (κ2) is 12.5. The number of nitrogens with one attached hydrogen (secondary N) is 2. The van der Waals surface area contributed by atoms with E-state index in [1.54, 1.807) is 0 Å². The van der Waals surface area contributed by atoms with Gasteiger partial charge in [-0.2, -0.15) is 0 Å². The number of carbonyl (C=O) groups is 2. The number of nitrogens with two attached hydrogens (primary N) is 2. The molecule has 35 heavy (non-hydrogen) atoms. The molecule has 0 aliphatic carbocycles. The molecule has 0 aromatic heterocycles. The number of nitro benzene ring substituents is 2. The molecule has 0 spiro atoms. The average molecular weight is 489 g/mol. The summed E-state index contributed by atoms with van der Waals surface area (Å²) in [6.45, 7) is 3.10. The number of carbonyl (C=O) groups excluding carboxylic acids is 2. The van der Waals surface area contributed by atoms with Gasteiger partial charge in [-0.05, 0) is 36.1 Å². The SMILES string of the molecule is CC(=O)Nc1cc([N+](=O)[O-])ccc1C(N)CCOCCC(N)c1ccc([N+](=O)[O-])cc1NC(C)=O. The van der Waals surface area contributed by atoms with Crippen LogP contribution in [0.1, 0.15) is 49.9 Å². The van der Waals surface area contributed by atoms with E-state index < -0.39 is 21.9 Å². The number of ether oxygens (including phenoxy) is 1. The molecule has 2 unspecified atom stereocenters. The lowest BCUT2D eigenvalue weighted by Gasteiger charge is -2.18. The highest BCUT2D eigenvalue weighted by atomic mass is 16.6. The van der Waals surface area contributed by atoms with E-state index in [4.69, 9.17) is 16.2 Å². The van der Waals surface area contributed by atoms with Gasteiger partial charge in [-0.1, -0.05) is 0 Å². The van der Waals surface area contributed by atoms with Crippen LogP contribution in [0.3, 0.4) is 0 Å². The number of benzene rings is 2. The summed E-state index contributed by atoms with van der Waals surface area (Å²) in [5.74, 6) is -0.761. The second-order valence-electron chi connectivity index (χ2n) is 7.82. The Bertz CT molecular complexity index is 1020. The lowest BCUT2D eigenvalue weighted by atomic mass is 10.0. The monoisotopic (exact) mass is 488 g/mol.